The van der Waals surface area contributed by atoms with Crippen LogP contribution in [-0.2, 0) is 12.7 Å². The lowest BCUT2D eigenvalue weighted by Crippen LogP contribution is -2.13. The van der Waals surface area contributed by atoms with Crippen molar-refractivity contribution in [2.24, 2.45) is 5.73 Å². The summed E-state index contributed by atoms with van der Waals surface area (Å²) in [5.41, 5.74) is 4.52. The minimum Gasteiger partial charge on any atom is -0.328 e. The molecule has 6 heteroatoms. The number of alkyl halides is 3. The lowest BCUT2D eigenvalue weighted by atomic mass is 10.0. The Labute approximate surface area is 94.1 Å². The molecule has 0 unspecified atom stereocenters. The molecule has 0 aliphatic rings. The molecule has 0 bridgehead atoms. The zero-order chi connectivity index (χ0) is 12.6. The van der Waals surface area contributed by atoms with Crippen LogP contribution in [0.1, 0.15) is 11.1 Å². The lowest BCUT2D eigenvalue weighted by molar-refractivity contribution is -0.136. The smallest absolute Gasteiger partial charge is 0.328 e. The number of benzene rings is 1. The van der Waals surface area contributed by atoms with Gasteiger partial charge in [-0.3, -0.25) is 4.79 Å². The average molecular weight is 242 g/mol. The molecule has 3 N–H and O–H groups in total. The third kappa shape index (κ3) is 2.03. The topological polar surface area (TPSA) is 58.9 Å². The molecule has 0 spiro atoms. The van der Waals surface area contributed by atoms with Crippen molar-refractivity contribution in [3.05, 3.63) is 45.9 Å². The number of aromatic amines is 1. The summed E-state index contributed by atoms with van der Waals surface area (Å²) in [6, 6.07) is 4.19. The van der Waals surface area contributed by atoms with E-state index >= 15 is 0 Å². The Bertz CT molecular complexity index is 616. The molecule has 0 atom stereocenters. The normalized spacial score (nSPS) is 12.0. The highest BCUT2D eigenvalue weighted by Gasteiger charge is 2.33. The summed E-state index contributed by atoms with van der Waals surface area (Å²) in [5, 5.41) is -0.110. The Morgan fingerprint density at radius 3 is 2.53 bits per heavy atom. The van der Waals surface area contributed by atoms with Gasteiger partial charge < -0.3 is 10.7 Å². The molecule has 0 fully saturated rings. The van der Waals surface area contributed by atoms with Crippen LogP contribution in [0.25, 0.3) is 10.8 Å². The Kier molecular flexibility index (Phi) is 2.66. The van der Waals surface area contributed by atoms with Crippen LogP contribution in [0.3, 0.4) is 0 Å². The average Bonchev–Trinajstić information content (AvgIpc) is 2.27. The second-order valence-corrected chi connectivity index (χ2v) is 3.61. The number of nitrogens with one attached hydrogen (secondary N) is 1. The van der Waals surface area contributed by atoms with Crippen LogP contribution in [0.2, 0.25) is 0 Å². The van der Waals surface area contributed by atoms with Crippen LogP contribution in [0, 0.1) is 0 Å². The summed E-state index contributed by atoms with van der Waals surface area (Å²) >= 11 is 0. The second kappa shape index (κ2) is 3.89. The lowest BCUT2D eigenvalue weighted by Gasteiger charge is -2.10. The third-order valence-electron chi connectivity index (χ3n) is 2.51. The van der Waals surface area contributed by atoms with E-state index in [1.54, 1.807) is 0 Å². The molecule has 0 aliphatic carbocycles. The predicted molar refractivity (Wildman–Crippen MR) is 57.5 cm³/mol. The first-order valence-electron chi connectivity index (χ1n) is 4.85. The van der Waals surface area contributed by atoms with Crippen LogP contribution in [0.5, 0.6) is 0 Å². The van der Waals surface area contributed by atoms with Crippen molar-refractivity contribution in [3.63, 3.8) is 0 Å². The minimum atomic E-state index is -4.50. The Morgan fingerprint density at radius 1 is 1.24 bits per heavy atom. The Hall–Kier alpha value is -1.82. The first-order chi connectivity index (χ1) is 7.93. The number of H-pyrrole nitrogens is 1. The molecule has 0 aliphatic heterocycles. The van der Waals surface area contributed by atoms with Gasteiger partial charge >= 0.3 is 6.18 Å². The fourth-order valence-corrected chi connectivity index (χ4v) is 1.67. The third-order valence-corrected chi connectivity index (χ3v) is 2.51. The summed E-state index contributed by atoms with van der Waals surface area (Å²) in [6.45, 7) is 0.125. The molecule has 1 aromatic heterocycles. The number of hydrogen-bond donors (Lipinski definition) is 2. The van der Waals surface area contributed by atoms with Gasteiger partial charge in [0.2, 0.25) is 0 Å². The van der Waals surface area contributed by atoms with Crippen molar-refractivity contribution >= 4 is 10.8 Å². The molecule has 0 radical (unpaired) electrons. The number of rotatable bonds is 1. The van der Waals surface area contributed by atoms with Crippen molar-refractivity contribution in [2.75, 3.05) is 0 Å². The monoisotopic (exact) mass is 242 g/mol. The van der Waals surface area contributed by atoms with Crippen molar-refractivity contribution in [1.82, 2.24) is 4.98 Å². The zero-order valence-electron chi connectivity index (χ0n) is 8.64. The van der Waals surface area contributed by atoms with E-state index in [1.165, 1.54) is 18.2 Å². The first kappa shape index (κ1) is 11.7. The Morgan fingerprint density at radius 2 is 1.94 bits per heavy atom. The van der Waals surface area contributed by atoms with Gasteiger partial charge in [-0.05, 0) is 17.7 Å². The summed E-state index contributed by atoms with van der Waals surface area (Å²) in [7, 11) is 0. The van der Waals surface area contributed by atoms with E-state index in [2.05, 4.69) is 4.98 Å². The minimum absolute atomic E-state index is 0.0111. The van der Waals surface area contributed by atoms with Gasteiger partial charge in [0.15, 0.2) is 0 Å². The number of aromatic nitrogens is 1. The van der Waals surface area contributed by atoms with Crippen LogP contribution in [0.4, 0.5) is 13.2 Å². The van der Waals surface area contributed by atoms with Gasteiger partial charge in [0, 0.05) is 23.5 Å². The maximum atomic E-state index is 12.7. The van der Waals surface area contributed by atoms with Crippen molar-refractivity contribution < 1.29 is 13.2 Å². The highest BCUT2D eigenvalue weighted by atomic mass is 19.4. The first-order valence-corrected chi connectivity index (χ1v) is 4.85. The molecular formula is C11H9F3N2O. The summed E-state index contributed by atoms with van der Waals surface area (Å²) in [4.78, 5) is 13.5. The van der Waals surface area contributed by atoms with Crippen LogP contribution < -0.4 is 11.3 Å². The SMILES string of the molecule is NCc1ccc2c(=O)[nH]cc(C(F)(F)F)c2c1. The van der Waals surface area contributed by atoms with Gasteiger partial charge in [-0.1, -0.05) is 6.07 Å². The van der Waals surface area contributed by atoms with E-state index < -0.39 is 17.3 Å². The van der Waals surface area contributed by atoms with E-state index in [-0.39, 0.29) is 17.3 Å². The maximum Gasteiger partial charge on any atom is 0.418 e. The second-order valence-electron chi connectivity index (χ2n) is 3.61. The van der Waals surface area contributed by atoms with Crippen molar-refractivity contribution in [3.8, 4) is 0 Å². The molecule has 0 saturated carbocycles. The molecule has 90 valence electrons. The van der Waals surface area contributed by atoms with E-state index in [0.29, 0.717) is 11.8 Å². The molecule has 2 rings (SSSR count). The predicted octanol–water partition coefficient (Wildman–Crippen LogP) is 2.01. The summed E-state index contributed by atoms with van der Waals surface area (Å²) in [6.07, 6.45) is -3.82. The van der Waals surface area contributed by atoms with Gasteiger partial charge in [-0.25, -0.2) is 0 Å². The van der Waals surface area contributed by atoms with Gasteiger partial charge in [-0.2, -0.15) is 13.2 Å². The molecule has 2 aromatic rings. The van der Waals surface area contributed by atoms with Gasteiger partial charge in [0.05, 0.1) is 5.56 Å². The molecule has 0 amide bonds. The van der Waals surface area contributed by atoms with Gasteiger partial charge in [-0.15, -0.1) is 0 Å². The molecule has 17 heavy (non-hydrogen) atoms. The molecule has 1 aromatic carbocycles. The number of halogens is 3. The maximum absolute atomic E-state index is 12.7. The van der Waals surface area contributed by atoms with Crippen LogP contribution in [-0.4, -0.2) is 4.98 Å². The van der Waals surface area contributed by atoms with E-state index in [0.717, 1.165) is 0 Å². The summed E-state index contributed by atoms with van der Waals surface area (Å²) in [5.74, 6) is 0. The van der Waals surface area contributed by atoms with Crippen molar-refractivity contribution in [2.45, 2.75) is 12.7 Å². The largest absolute Gasteiger partial charge is 0.418 e. The van der Waals surface area contributed by atoms with Gasteiger partial charge in [0.1, 0.15) is 0 Å². The fourth-order valence-electron chi connectivity index (χ4n) is 1.67. The molecule has 3 nitrogen and oxygen atoms in total. The van der Waals surface area contributed by atoms with E-state index in [4.69, 9.17) is 5.73 Å². The fraction of sp³-hybridized carbons (Fsp3) is 0.182. The highest BCUT2D eigenvalue weighted by molar-refractivity contribution is 5.85. The molecular weight excluding hydrogens is 233 g/mol. The van der Waals surface area contributed by atoms with Crippen molar-refractivity contribution in [1.29, 1.82) is 0 Å². The van der Waals surface area contributed by atoms with E-state index in [1.807, 2.05) is 0 Å². The van der Waals surface area contributed by atoms with Crippen LogP contribution >= 0.6 is 0 Å². The standard InChI is InChI=1S/C11H9F3N2O/c12-11(13,14)9-5-16-10(17)7-2-1-6(4-15)3-8(7)9/h1-3,5H,4,15H2,(H,16,17). The zero-order valence-corrected chi connectivity index (χ0v) is 8.64. The number of hydrogen-bond acceptors (Lipinski definition) is 2. The van der Waals surface area contributed by atoms with E-state index in [9.17, 15) is 18.0 Å². The quantitative estimate of drug-likeness (QED) is 0.803. The number of fused-ring (bicyclic) bond motifs is 1. The van der Waals surface area contributed by atoms with Crippen LogP contribution in [0.15, 0.2) is 29.2 Å². The highest BCUT2D eigenvalue weighted by Crippen LogP contribution is 2.33. The molecule has 0 saturated heterocycles. The Balaban J connectivity index is 2.86. The molecule has 1 heterocycles. The number of nitrogens with two attached hydrogens (primary N) is 1. The summed E-state index contributed by atoms with van der Waals surface area (Å²) < 4.78 is 38.2. The number of pyridine rings is 1. The van der Waals surface area contributed by atoms with Gasteiger partial charge in [0.25, 0.3) is 5.56 Å².